The molecule has 0 spiro atoms. The summed E-state index contributed by atoms with van der Waals surface area (Å²) < 4.78 is 1.21. The number of hydrogen-bond acceptors (Lipinski definition) is 1. The first-order chi connectivity index (χ1) is 5.29. The summed E-state index contributed by atoms with van der Waals surface area (Å²) in [5.74, 6) is 0. The van der Waals surface area contributed by atoms with E-state index in [9.17, 15) is 0 Å². The predicted octanol–water partition coefficient (Wildman–Crippen LogP) is 2.82. The number of rotatable bonds is 0. The molecular weight excluding hydrogens is 237 g/mol. The SMILES string of the molecule is Cl.N[C@H]1CCc2c(Br)cccc21. The van der Waals surface area contributed by atoms with Gasteiger partial charge in [0.15, 0.2) is 0 Å². The highest BCUT2D eigenvalue weighted by Crippen LogP contribution is 2.33. The standard InChI is InChI=1S/C9H10BrN.ClH/c10-8-3-1-2-7-6(8)4-5-9(7)11;/h1-3,9H,4-5,11H2;1H/t9-;/m0./s1. The fourth-order valence-electron chi connectivity index (χ4n) is 1.64. The van der Waals surface area contributed by atoms with Crippen LogP contribution in [0, 0.1) is 0 Å². The fourth-order valence-corrected chi connectivity index (χ4v) is 2.22. The average Bonchev–Trinajstić information content (AvgIpc) is 2.35. The minimum Gasteiger partial charge on any atom is -0.324 e. The quantitative estimate of drug-likeness (QED) is 0.751. The number of halogens is 2. The molecule has 0 saturated heterocycles. The van der Waals surface area contributed by atoms with E-state index in [0.29, 0.717) is 0 Å². The van der Waals surface area contributed by atoms with Crippen molar-refractivity contribution in [2.75, 3.05) is 0 Å². The van der Waals surface area contributed by atoms with E-state index in [1.165, 1.54) is 15.6 Å². The first kappa shape index (κ1) is 10.0. The van der Waals surface area contributed by atoms with Gasteiger partial charge in [-0.15, -0.1) is 12.4 Å². The molecule has 1 aliphatic rings. The maximum absolute atomic E-state index is 5.89. The molecule has 0 heterocycles. The van der Waals surface area contributed by atoms with Gasteiger partial charge in [-0.3, -0.25) is 0 Å². The second-order valence-corrected chi connectivity index (χ2v) is 3.81. The van der Waals surface area contributed by atoms with Gasteiger partial charge in [-0.1, -0.05) is 28.1 Å². The third-order valence-corrected chi connectivity index (χ3v) is 3.00. The molecule has 0 aliphatic heterocycles. The Morgan fingerprint density at radius 3 is 2.83 bits per heavy atom. The molecular formula is C9H11BrClN. The van der Waals surface area contributed by atoms with Gasteiger partial charge in [0.2, 0.25) is 0 Å². The first-order valence-corrected chi connectivity index (χ1v) is 4.61. The largest absolute Gasteiger partial charge is 0.324 e. The Balaban J connectivity index is 0.000000720. The Bertz CT molecular complexity index is 288. The van der Waals surface area contributed by atoms with Crippen molar-refractivity contribution in [1.29, 1.82) is 0 Å². The van der Waals surface area contributed by atoms with Crippen molar-refractivity contribution in [3.05, 3.63) is 33.8 Å². The zero-order valence-corrected chi connectivity index (χ0v) is 8.99. The van der Waals surface area contributed by atoms with Crippen LogP contribution in [0.5, 0.6) is 0 Å². The number of hydrogen-bond donors (Lipinski definition) is 1. The Kier molecular flexibility index (Phi) is 3.16. The highest BCUT2D eigenvalue weighted by molar-refractivity contribution is 9.10. The molecule has 1 nitrogen and oxygen atoms in total. The van der Waals surface area contributed by atoms with Gasteiger partial charge in [-0.05, 0) is 30.0 Å². The fraction of sp³-hybridized carbons (Fsp3) is 0.333. The number of fused-ring (bicyclic) bond motifs is 1. The number of benzene rings is 1. The van der Waals surface area contributed by atoms with Crippen LogP contribution in [0.2, 0.25) is 0 Å². The summed E-state index contributed by atoms with van der Waals surface area (Å²) in [6.45, 7) is 0. The maximum Gasteiger partial charge on any atom is 0.0301 e. The monoisotopic (exact) mass is 247 g/mol. The summed E-state index contributed by atoms with van der Waals surface area (Å²) in [7, 11) is 0. The smallest absolute Gasteiger partial charge is 0.0301 e. The second-order valence-electron chi connectivity index (χ2n) is 2.95. The van der Waals surface area contributed by atoms with Crippen molar-refractivity contribution in [2.24, 2.45) is 5.73 Å². The summed E-state index contributed by atoms with van der Waals surface area (Å²) in [4.78, 5) is 0. The van der Waals surface area contributed by atoms with Gasteiger partial charge in [0, 0.05) is 10.5 Å². The van der Waals surface area contributed by atoms with Gasteiger partial charge >= 0.3 is 0 Å². The zero-order valence-electron chi connectivity index (χ0n) is 6.59. The van der Waals surface area contributed by atoms with Crippen LogP contribution in [0.15, 0.2) is 22.7 Å². The van der Waals surface area contributed by atoms with Crippen LogP contribution in [0.4, 0.5) is 0 Å². The van der Waals surface area contributed by atoms with Crippen molar-refractivity contribution >= 4 is 28.3 Å². The lowest BCUT2D eigenvalue weighted by molar-refractivity contribution is 0.713. The summed E-state index contributed by atoms with van der Waals surface area (Å²) in [6, 6.07) is 6.52. The Morgan fingerprint density at radius 1 is 1.42 bits per heavy atom. The van der Waals surface area contributed by atoms with Crippen LogP contribution in [0.3, 0.4) is 0 Å². The average molecular weight is 249 g/mol. The molecule has 0 bridgehead atoms. The summed E-state index contributed by atoms with van der Waals surface area (Å²) in [5.41, 5.74) is 8.62. The summed E-state index contributed by atoms with van der Waals surface area (Å²) in [5, 5.41) is 0. The van der Waals surface area contributed by atoms with Gasteiger partial charge in [-0.2, -0.15) is 0 Å². The van der Waals surface area contributed by atoms with E-state index in [2.05, 4.69) is 28.1 Å². The third kappa shape index (κ3) is 1.51. The molecule has 0 radical (unpaired) electrons. The van der Waals surface area contributed by atoms with Crippen LogP contribution < -0.4 is 5.73 Å². The van der Waals surface area contributed by atoms with Gasteiger partial charge in [0.1, 0.15) is 0 Å². The van der Waals surface area contributed by atoms with E-state index in [4.69, 9.17) is 5.73 Å². The Hall–Kier alpha value is -0.0500. The highest BCUT2D eigenvalue weighted by Gasteiger charge is 2.19. The van der Waals surface area contributed by atoms with Gasteiger partial charge < -0.3 is 5.73 Å². The first-order valence-electron chi connectivity index (χ1n) is 3.82. The minimum atomic E-state index is 0. The van der Waals surface area contributed by atoms with E-state index in [-0.39, 0.29) is 18.4 Å². The lowest BCUT2D eigenvalue weighted by Crippen LogP contribution is -2.04. The second kappa shape index (κ2) is 3.77. The molecule has 3 heteroatoms. The Morgan fingerprint density at radius 2 is 2.17 bits per heavy atom. The maximum atomic E-state index is 5.89. The highest BCUT2D eigenvalue weighted by atomic mass is 79.9. The molecule has 0 saturated carbocycles. The molecule has 0 amide bonds. The predicted molar refractivity (Wildman–Crippen MR) is 56.6 cm³/mol. The molecule has 12 heavy (non-hydrogen) atoms. The molecule has 1 aliphatic carbocycles. The molecule has 66 valence electrons. The van der Waals surface area contributed by atoms with Gasteiger partial charge in [-0.25, -0.2) is 0 Å². The van der Waals surface area contributed by atoms with E-state index >= 15 is 0 Å². The molecule has 0 unspecified atom stereocenters. The molecule has 1 atom stereocenters. The van der Waals surface area contributed by atoms with Crippen molar-refractivity contribution in [3.8, 4) is 0 Å². The summed E-state index contributed by atoms with van der Waals surface area (Å²) in [6.07, 6.45) is 2.22. The van der Waals surface area contributed by atoms with E-state index in [1.54, 1.807) is 0 Å². The van der Waals surface area contributed by atoms with E-state index in [1.807, 2.05) is 6.07 Å². The zero-order chi connectivity index (χ0) is 7.84. The molecule has 2 N–H and O–H groups in total. The van der Waals surface area contributed by atoms with Gasteiger partial charge in [0.25, 0.3) is 0 Å². The van der Waals surface area contributed by atoms with Crippen LogP contribution >= 0.6 is 28.3 Å². The lowest BCUT2D eigenvalue weighted by atomic mass is 10.1. The third-order valence-electron chi connectivity index (χ3n) is 2.26. The molecule has 2 rings (SSSR count). The molecule has 1 aromatic carbocycles. The van der Waals surface area contributed by atoms with Crippen LogP contribution in [-0.2, 0) is 6.42 Å². The van der Waals surface area contributed by atoms with E-state index < -0.39 is 0 Å². The molecule has 0 fully saturated rings. The lowest BCUT2D eigenvalue weighted by Gasteiger charge is -2.04. The van der Waals surface area contributed by atoms with Crippen LogP contribution in [0.25, 0.3) is 0 Å². The Labute approximate surface area is 86.9 Å². The number of nitrogens with two attached hydrogens (primary N) is 1. The van der Waals surface area contributed by atoms with Crippen molar-refractivity contribution in [1.82, 2.24) is 0 Å². The molecule has 1 aromatic rings. The minimum absolute atomic E-state index is 0. The topological polar surface area (TPSA) is 26.0 Å². The van der Waals surface area contributed by atoms with Crippen LogP contribution in [0.1, 0.15) is 23.6 Å². The molecule has 0 aromatic heterocycles. The van der Waals surface area contributed by atoms with Crippen molar-refractivity contribution in [2.45, 2.75) is 18.9 Å². The summed E-state index contributed by atoms with van der Waals surface area (Å²) >= 11 is 3.52. The van der Waals surface area contributed by atoms with E-state index in [0.717, 1.165) is 12.8 Å². The van der Waals surface area contributed by atoms with Crippen molar-refractivity contribution < 1.29 is 0 Å². The van der Waals surface area contributed by atoms with Crippen LogP contribution in [-0.4, -0.2) is 0 Å². The normalized spacial score (nSPS) is 20.0. The van der Waals surface area contributed by atoms with Gasteiger partial charge in [0.05, 0.1) is 0 Å². The van der Waals surface area contributed by atoms with Crippen molar-refractivity contribution in [3.63, 3.8) is 0 Å².